The van der Waals surface area contributed by atoms with Crippen LogP contribution in [-0.4, -0.2) is 11.7 Å². The smallest absolute Gasteiger partial charge is 0.0537 e. The van der Waals surface area contributed by atoms with Crippen molar-refractivity contribution in [1.29, 1.82) is 0 Å². The van der Waals surface area contributed by atoms with Crippen LogP contribution in [0.1, 0.15) is 26.2 Å². The van der Waals surface area contributed by atoms with Crippen molar-refractivity contribution < 1.29 is 5.11 Å². The topological polar surface area (TPSA) is 20.2 Å². The van der Waals surface area contributed by atoms with Gasteiger partial charge in [-0.1, -0.05) is 36.8 Å². The molecule has 1 N–H and O–H groups in total. The Kier molecular flexibility index (Phi) is 2.36. The van der Waals surface area contributed by atoms with E-state index in [1.165, 1.54) is 22.3 Å². The van der Waals surface area contributed by atoms with Gasteiger partial charge in [0.25, 0.3) is 0 Å². The summed E-state index contributed by atoms with van der Waals surface area (Å²) in [6.45, 7) is 2.52. The Morgan fingerprint density at radius 2 is 2.12 bits per heavy atom. The van der Waals surface area contributed by atoms with Gasteiger partial charge in [-0.05, 0) is 41.9 Å². The summed E-state index contributed by atoms with van der Waals surface area (Å²) in [5.74, 6) is 0.906. The third-order valence-corrected chi connectivity index (χ3v) is 3.94. The molecule has 16 heavy (non-hydrogen) atoms. The molecule has 0 radical (unpaired) electrons. The standard InChI is InChI=1S/C15H18O/c1-10-6-7-13-11-4-2-3-5-12(11)15(9-16)14(13)8-10/h4-7,10,15-16H,2-3,8-9H2,1H3/t10-,15?/m0/s1. The number of rotatable bonds is 1. The molecule has 0 fully saturated rings. The maximum Gasteiger partial charge on any atom is 0.0537 e. The molecule has 0 aromatic carbocycles. The lowest BCUT2D eigenvalue weighted by atomic mass is 9.87. The van der Waals surface area contributed by atoms with E-state index in [1.54, 1.807) is 0 Å². The molecular weight excluding hydrogens is 196 g/mol. The Morgan fingerprint density at radius 1 is 1.31 bits per heavy atom. The van der Waals surface area contributed by atoms with Gasteiger partial charge in [-0.15, -0.1) is 0 Å². The van der Waals surface area contributed by atoms with Crippen molar-refractivity contribution in [3.8, 4) is 0 Å². The highest BCUT2D eigenvalue weighted by Gasteiger charge is 2.34. The minimum atomic E-state index is 0.266. The quantitative estimate of drug-likeness (QED) is 0.711. The van der Waals surface area contributed by atoms with Crippen LogP contribution in [0.5, 0.6) is 0 Å². The minimum Gasteiger partial charge on any atom is -0.395 e. The Labute approximate surface area is 96.9 Å². The van der Waals surface area contributed by atoms with Crippen LogP contribution in [0.3, 0.4) is 0 Å². The monoisotopic (exact) mass is 214 g/mol. The third-order valence-electron chi connectivity index (χ3n) is 3.94. The summed E-state index contributed by atoms with van der Waals surface area (Å²) >= 11 is 0. The van der Waals surface area contributed by atoms with Gasteiger partial charge < -0.3 is 5.11 Å². The molecule has 0 saturated heterocycles. The maximum atomic E-state index is 9.60. The molecule has 3 rings (SSSR count). The molecule has 3 aliphatic carbocycles. The van der Waals surface area contributed by atoms with E-state index < -0.39 is 0 Å². The van der Waals surface area contributed by atoms with Gasteiger partial charge in [0.2, 0.25) is 0 Å². The van der Waals surface area contributed by atoms with Crippen molar-refractivity contribution in [3.63, 3.8) is 0 Å². The minimum absolute atomic E-state index is 0.266. The molecule has 84 valence electrons. The first kappa shape index (κ1) is 10.1. The molecule has 0 spiro atoms. The Balaban J connectivity index is 2.08. The van der Waals surface area contributed by atoms with Crippen LogP contribution in [0.2, 0.25) is 0 Å². The molecular formula is C15H18O. The molecule has 1 heteroatoms. The van der Waals surface area contributed by atoms with E-state index in [9.17, 15) is 5.11 Å². The van der Waals surface area contributed by atoms with Crippen LogP contribution in [-0.2, 0) is 0 Å². The molecule has 1 unspecified atom stereocenters. The van der Waals surface area contributed by atoms with E-state index in [4.69, 9.17) is 0 Å². The van der Waals surface area contributed by atoms with Crippen LogP contribution < -0.4 is 0 Å². The van der Waals surface area contributed by atoms with Crippen LogP contribution in [0, 0.1) is 11.8 Å². The number of hydrogen-bond donors (Lipinski definition) is 1. The number of allylic oxidation sites excluding steroid dienone is 6. The second-order valence-corrected chi connectivity index (χ2v) is 5.07. The van der Waals surface area contributed by atoms with Gasteiger partial charge in [0.1, 0.15) is 0 Å². The van der Waals surface area contributed by atoms with E-state index in [0.29, 0.717) is 5.92 Å². The summed E-state index contributed by atoms with van der Waals surface area (Å²) in [5, 5.41) is 9.60. The molecule has 0 saturated carbocycles. The predicted molar refractivity (Wildman–Crippen MR) is 65.9 cm³/mol. The fourth-order valence-electron chi connectivity index (χ4n) is 3.17. The molecule has 1 nitrogen and oxygen atoms in total. The van der Waals surface area contributed by atoms with Crippen molar-refractivity contribution in [3.05, 3.63) is 46.6 Å². The summed E-state index contributed by atoms with van der Waals surface area (Å²) in [4.78, 5) is 0. The van der Waals surface area contributed by atoms with Crippen LogP contribution >= 0.6 is 0 Å². The first-order valence-electron chi connectivity index (χ1n) is 6.24. The molecule has 0 heterocycles. The second-order valence-electron chi connectivity index (χ2n) is 5.07. The van der Waals surface area contributed by atoms with Crippen molar-refractivity contribution in [2.75, 3.05) is 6.61 Å². The van der Waals surface area contributed by atoms with Gasteiger partial charge in [0, 0.05) is 5.92 Å². The van der Waals surface area contributed by atoms with Crippen LogP contribution in [0.25, 0.3) is 0 Å². The van der Waals surface area contributed by atoms with Crippen LogP contribution in [0.4, 0.5) is 0 Å². The molecule has 2 atom stereocenters. The molecule has 0 bridgehead atoms. The average molecular weight is 214 g/mol. The fourth-order valence-corrected chi connectivity index (χ4v) is 3.17. The zero-order valence-electron chi connectivity index (χ0n) is 9.74. The first-order chi connectivity index (χ1) is 7.81. The van der Waals surface area contributed by atoms with E-state index in [2.05, 4.69) is 31.2 Å². The molecule has 0 amide bonds. The van der Waals surface area contributed by atoms with Crippen molar-refractivity contribution in [2.24, 2.45) is 11.8 Å². The second kappa shape index (κ2) is 3.74. The van der Waals surface area contributed by atoms with Crippen molar-refractivity contribution in [1.82, 2.24) is 0 Å². The highest BCUT2D eigenvalue weighted by molar-refractivity contribution is 5.64. The lowest BCUT2D eigenvalue weighted by molar-refractivity contribution is 0.263. The largest absolute Gasteiger partial charge is 0.395 e. The predicted octanol–water partition coefficient (Wildman–Crippen LogP) is 3.15. The summed E-state index contributed by atoms with van der Waals surface area (Å²) in [5.41, 5.74) is 5.67. The summed E-state index contributed by atoms with van der Waals surface area (Å²) in [6.07, 6.45) is 12.6. The normalized spacial score (nSPS) is 32.1. The third kappa shape index (κ3) is 1.35. The van der Waals surface area contributed by atoms with Crippen LogP contribution in [0.15, 0.2) is 46.6 Å². The number of fused-ring (bicyclic) bond motifs is 2. The van der Waals surface area contributed by atoms with E-state index in [-0.39, 0.29) is 12.5 Å². The first-order valence-corrected chi connectivity index (χ1v) is 6.24. The number of aliphatic hydroxyl groups is 1. The van der Waals surface area contributed by atoms with Gasteiger partial charge in [-0.25, -0.2) is 0 Å². The highest BCUT2D eigenvalue weighted by atomic mass is 16.3. The van der Waals surface area contributed by atoms with E-state index in [1.807, 2.05) is 0 Å². The maximum absolute atomic E-state index is 9.60. The summed E-state index contributed by atoms with van der Waals surface area (Å²) in [7, 11) is 0. The summed E-state index contributed by atoms with van der Waals surface area (Å²) < 4.78 is 0. The van der Waals surface area contributed by atoms with Gasteiger partial charge in [-0.2, -0.15) is 0 Å². The van der Waals surface area contributed by atoms with Gasteiger partial charge in [-0.3, -0.25) is 0 Å². The van der Waals surface area contributed by atoms with Gasteiger partial charge in [0.05, 0.1) is 6.61 Å². The number of aliphatic hydroxyl groups excluding tert-OH is 1. The fraction of sp³-hybridized carbons (Fsp3) is 0.467. The lowest BCUT2D eigenvalue weighted by Gasteiger charge is -2.19. The SMILES string of the molecule is C[C@H]1C=CC2=C(C1)C(CO)C1=CCCC=C12. The number of hydrogen-bond acceptors (Lipinski definition) is 1. The zero-order chi connectivity index (χ0) is 11.1. The average Bonchev–Trinajstić information content (AvgIpc) is 2.61. The zero-order valence-corrected chi connectivity index (χ0v) is 9.74. The molecule has 3 aliphatic rings. The Morgan fingerprint density at radius 3 is 2.94 bits per heavy atom. The van der Waals surface area contributed by atoms with Gasteiger partial charge >= 0.3 is 0 Å². The van der Waals surface area contributed by atoms with E-state index >= 15 is 0 Å². The lowest BCUT2D eigenvalue weighted by Crippen LogP contribution is -2.11. The molecule has 0 aromatic heterocycles. The molecule has 0 aromatic rings. The Bertz CT molecular complexity index is 434. The van der Waals surface area contributed by atoms with Crippen molar-refractivity contribution >= 4 is 0 Å². The molecule has 0 aliphatic heterocycles. The summed E-state index contributed by atoms with van der Waals surface area (Å²) in [6, 6.07) is 0. The van der Waals surface area contributed by atoms with Crippen molar-refractivity contribution in [2.45, 2.75) is 26.2 Å². The Hall–Kier alpha value is -1.08. The van der Waals surface area contributed by atoms with Gasteiger partial charge in [0.15, 0.2) is 0 Å². The highest BCUT2D eigenvalue weighted by Crippen LogP contribution is 2.47. The van der Waals surface area contributed by atoms with E-state index in [0.717, 1.165) is 19.3 Å².